The van der Waals surface area contributed by atoms with Crippen LogP contribution in [0.5, 0.6) is 0 Å². The zero-order valence-electron chi connectivity index (χ0n) is 16.8. The summed E-state index contributed by atoms with van der Waals surface area (Å²) in [5.74, 6) is 0.750. The lowest BCUT2D eigenvalue weighted by Gasteiger charge is -2.37. The van der Waals surface area contributed by atoms with Crippen LogP contribution in [-0.2, 0) is 0 Å². The molecule has 1 aromatic carbocycles. The number of nitrogens with one attached hydrogen (secondary N) is 1. The fourth-order valence-electron chi connectivity index (χ4n) is 3.60. The van der Waals surface area contributed by atoms with Crippen LogP contribution < -0.4 is 15.1 Å². The second-order valence-electron chi connectivity index (χ2n) is 7.29. The first kappa shape index (κ1) is 18.9. The number of nitrogens with zero attached hydrogens (tertiary/aromatic N) is 4. The average molecular weight is 387 g/mol. The number of carbonyl (C=O) groups excluding carboxylic acids is 1. The van der Waals surface area contributed by atoms with Crippen LogP contribution in [0.4, 0.5) is 17.2 Å². The molecule has 0 saturated carbocycles. The summed E-state index contributed by atoms with van der Waals surface area (Å²) >= 11 is 0. The number of aryl methyl sites for hydroxylation is 1. The van der Waals surface area contributed by atoms with Gasteiger partial charge >= 0.3 is 0 Å². The smallest absolute Gasteiger partial charge is 0.257 e. The highest BCUT2D eigenvalue weighted by Crippen LogP contribution is 2.25. The Kier molecular flexibility index (Phi) is 5.42. The highest BCUT2D eigenvalue weighted by Gasteiger charge is 2.19. The van der Waals surface area contributed by atoms with Crippen molar-refractivity contribution >= 4 is 23.1 Å². The Bertz CT molecular complexity index is 980. The fraction of sp³-hybridized carbons (Fsp3) is 0.261. The average Bonchev–Trinajstić information content (AvgIpc) is 2.77. The second-order valence-corrected chi connectivity index (χ2v) is 7.29. The predicted molar refractivity (Wildman–Crippen MR) is 117 cm³/mol. The number of anilines is 3. The SMILES string of the molecule is Cc1cccc(N2CCN(c3ccc(NC(=O)c4cccnc4)cn3)CC2)c1C. The van der Waals surface area contributed by atoms with E-state index in [0.717, 1.165) is 32.0 Å². The fourth-order valence-corrected chi connectivity index (χ4v) is 3.60. The number of hydrogen-bond donors (Lipinski definition) is 1. The molecular formula is C23H25N5O. The van der Waals surface area contributed by atoms with E-state index in [1.807, 2.05) is 12.1 Å². The van der Waals surface area contributed by atoms with Gasteiger partial charge in [0.25, 0.3) is 5.91 Å². The first-order valence-corrected chi connectivity index (χ1v) is 9.85. The molecule has 6 nitrogen and oxygen atoms in total. The van der Waals surface area contributed by atoms with Crippen molar-refractivity contribution in [1.29, 1.82) is 0 Å². The molecule has 29 heavy (non-hydrogen) atoms. The molecule has 1 saturated heterocycles. The van der Waals surface area contributed by atoms with Gasteiger partial charge in [-0.1, -0.05) is 12.1 Å². The van der Waals surface area contributed by atoms with Gasteiger partial charge in [-0.25, -0.2) is 4.98 Å². The van der Waals surface area contributed by atoms with Gasteiger partial charge in [-0.3, -0.25) is 9.78 Å². The summed E-state index contributed by atoms with van der Waals surface area (Å²) in [7, 11) is 0. The number of hydrogen-bond acceptors (Lipinski definition) is 5. The molecule has 3 heterocycles. The molecule has 1 aliphatic rings. The van der Waals surface area contributed by atoms with E-state index in [-0.39, 0.29) is 5.91 Å². The van der Waals surface area contributed by atoms with E-state index in [0.29, 0.717) is 11.3 Å². The van der Waals surface area contributed by atoms with Gasteiger partial charge in [-0.2, -0.15) is 0 Å². The largest absolute Gasteiger partial charge is 0.368 e. The number of amides is 1. The van der Waals surface area contributed by atoms with Crippen LogP contribution in [0.3, 0.4) is 0 Å². The van der Waals surface area contributed by atoms with Crippen molar-refractivity contribution in [1.82, 2.24) is 9.97 Å². The van der Waals surface area contributed by atoms with Crippen molar-refractivity contribution in [2.45, 2.75) is 13.8 Å². The van der Waals surface area contributed by atoms with Crippen molar-refractivity contribution in [2.75, 3.05) is 41.3 Å². The Morgan fingerprint density at radius 2 is 1.72 bits per heavy atom. The monoisotopic (exact) mass is 387 g/mol. The summed E-state index contributed by atoms with van der Waals surface area (Å²) < 4.78 is 0. The van der Waals surface area contributed by atoms with Crippen LogP contribution in [0.25, 0.3) is 0 Å². The van der Waals surface area contributed by atoms with Crippen molar-refractivity contribution < 1.29 is 4.79 Å². The molecule has 0 aliphatic carbocycles. The zero-order chi connectivity index (χ0) is 20.2. The van der Waals surface area contributed by atoms with Gasteiger partial charge in [0.1, 0.15) is 5.82 Å². The van der Waals surface area contributed by atoms with Gasteiger partial charge in [-0.15, -0.1) is 0 Å². The summed E-state index contributed by atoms with van der Waals surface area (Å²) in [5.41, 5.74) is 5.21. The maximum atomic E-state index is 12.2. The Morgan fingerprint density at radius 1 is 0.931 bits per heavy atom. The van der Waals surface area contributed by atoms with E-state index in [9.17, 15) is 4.79 Å². The highest BCUT2D eigenvalue weighted by molar-refractivity contribution is 6.03. The first-order chi connectivity index (χ1) is 14.1. The summed E-state index contributed by atoms with van der Waals surface area (Å²) in [6, 6.07) is 13.8. The van der Waals surface area contributed by atoms with Crippen LogP contribution in [0.2, 0.25) is 0 Å². The lowest BCUT2D eigenvalue weighted by molar-refractivity contribution is 0.102. The Hall–Kier alpha value is -3.41. The Balaban J connectivity index is 1.37. The first-order valence-electron chi connectivity index (χ1n) is 9.85. The number of pyridine rings is 2. The molecule has 0 bridgehead atoms. The van der Waals surface area contributed by atoms with Gasteiger partial charge in [0, 0.05) is 44.3 Å². The lowest BCUT2D eigenvalue weighted by Crippen LogP contribution is -2.47. The van der Waals surface area contributed by atoms with E-state index in [1.54, 1.807) is 30.7 Å². The maximum absolute atomic E-state index is 12.2. The second kappa shape index (κ2) is 8.31. The van der Waals surface area contributed by atoms with Gasteiger partial charge in [0.05, 0.1) is 17.4 Å². The number of piperazine rings is 1. The van der Waals surface area contributed by atoms with Crippen molar-refractivity contribution in [3.8, 4) is 0 Å². The van der Waals surface area contributed by atoms with Gasteiger partial charge in [0.2, 0.25) is 0 Å². The molecule has 1 aliphatic heterocycles. The maximum Gasteiger partial charge on any atom is 0.257 e. The number of rotatable bonds is 4. The van der Waals surface area contributed by atoms with Crippen molar-refractivity contribution in [2.24, 2.45) is 0 Å². The lowest BCUT2D eigenvalue weighted by atomic mass is 10.1. The normalized spacial score (nSPS) is 14.0. The molecule has 2 aromatic heterocycles. The molecule has 1 fully saturated rings. The molecule has 0 atom stereocenters. The van der Waals surface area contributed by atoms with Crippen molar-refractivity contribution in [3.63, 3.8) is 0 Å². The minimum absolute atomic E-state index is 0.185. The third-order valence-electron chi connectivity index (χ3n) is 5.45. The quantitative estimate of drug-likeness (QED) is 0.740. The van der Waals surface area contributed by atoms with Crippen LogP contribution >= 0.6 is 0 Å². The molecule has 0 unspecified atom stereocenters. The predicted octanol–water partition coefficient (Wildman–Crippen LogP) is 3.67. The third-order valence-corrected chi connectivity index (χ3v) is 5.45. The van der Waals surface area contributed by atoms with E-state index >= 15 is 0 Å². The third kappa shape index (κ3) is 4.21. The Labute approximate surface area is 171 Å². The van der Waals surface area contributed by atoms with E-state index in [4.69, 9.17) is 0 Å². The number of benzene rings is 1. The van der Waals surface area contributed by atoms with Crippen LogP contribution in [0, 0.1) is 13.8 Å². The minimum Gasteiger partial charge on any atom is -0.368 e. The summed E-state index contributed by atoms with van der Waals surface area (Å²) in [5, 5.41) is 2.86. The molecule has 1 amide bonds. The summed E-state index contributed by atoms with van der Waals surface area (Å²) in [6.45, 7) is 8.12. The van der Waals surface area contributed by atoms with E-state index < -0.39 is 0 Å². The Morgan fingerprint density at radius 3 is 2.41 bits per heavy atom. The van der Waals surface area contributed by atoms with E-state index in [2.05, 4.69) is 57.1 Å². The standard InChI is InChI=1S/C23H25N5O/c1-17-5-3-7-21(18(17)2)27-11-13-28(14-12-27)22-9-8-20(16-25-22)26-23(29)19-6-4-10-24-15-19/h3-10,15-16H,11-14H2,1-2H3,(H,26,29). The van der Waals surface area contributed by atoms with Crippen LogP contribution in [0.1, 0.15) is 21.5 Å². The molecule has 3 aromatic rings. The molecular weight excluding hydrogens is 362 g/mol. The van der Waals surface area contributed by atoms with Crippen LogP contribution in [0.15, 0.2) is 61.1 Å². The number of aromatic nitrogens is 2. The molecule has 6 heteroatoms. The number of carbonyl (C=O) groups is 1. The molecule has 0 spiro atoms. The van der Waals surface area contributed by atoms with Gasteiger partial charge < -0.3 is 15.1 Å². The highest BCUT2D eigenvalue weighted by atomic mass is 16.1. The molecule has 4 rings (SSSR count). The summed E-state index contributed by atoms with van der Waals surface area (Å²) in [6.07, 6.45) is 4.90. The van der Waals surface area contributed by atoms with Gasteiger partial charge in [0.15, 0.2) is 0 Å². The molecule has 0 radical (unpaired) electrons. The minimum atomic E-state index is -0.185. The zero-order valence-corrected chi connectivity index (χ0v) is 16.8. The van der Waals surface area contributed by atoms with E-state index in [1.165, 1.54) is 16.8 Å². The molecule has 1 N–H and O–H groups in total. The molecule has 148 valence electrons. The topological polar surface area (TPSA) is 61.4 Å². The van der Waals surface area contributed by atoms with Gasteiger partial charge in [-0.05, 0) is 55.3 Å². The van der Waals surface area contributed by atoms with Crippen LogP contribution in [-0.4, -0.2) is 42.1 Å². The summed E-state index contributed by atoms with van der Waals surface area (Å²) in [4.78, 5) is 25.5. The van der Waals surface area contributed by atoms with Crippen molar-refractivity contribution in [3.05, 3.63) is 77.7 Å².